The Morgan fingerprint density at radius 2 is 2.12 bits per heavy atom. The lowest BCUT2D eigenvalue weighted by molar-refractivity contribution is 0.0658. The first kappa shape index (κ1) is 16.2. The van der Waals surface area contributed by atoms with Crippen molar-refractivity contribution < 1.29 is 14.3 Å². The van der Waals surface area contributed by atoms with Crippen molar-refractivity contribution in [2.45, 2.75) is 19.5 Å². The molecule has 1 aliphatic rings. The minimum Gasteiger partial charge on any atom is -0.475 e. The van der Waals surface area contributed by atoms with Crippen LogP contribution in [0, 0.1) is 0 Å². The van der Waals surface area contributed by atoms with Gasteiger partial charge in [-0.25, -0.2) is 19.7 Å². The second-order valence-corrected chi connectivity index (χ2v) is 6.00. The van der Waals surface area contributed by atoms with E-state index >= 15 is 0 Å². The lowest BCUT2D eigenvalue weighted by atomic mass is 10.1. The number of rotatable bonds is 4. The number of furan rings is 1. The first-order chi connectivity index (χ1) is 12.6. The average Bonchev–Trinajstić information content (AvgIpc) is 3.12. The monoisotopic (exact) mass is 353 g/mol. The molecule has 9 heteroatoms. The van der Waals surface area contributed by atoms with Crippen molar-refractivity contribution in [1.29, 1.82) is 0 Å². The summed E-state index contributed by atoms with van der Waals surface area (Å²) >= 11 is 0. The molecule has 0 spiro atoms. The van der Waals surface area contributed by atoms with Gasteiger partial charge < -0.3 is 14.5 Å². The van der Waals surface area contributed by atoms with Gasteiger partial charge in [-0.1, -0.05) is 0 Å². The van der Waals surface area contributed by atoms with Gasteiger partial charge in [0.1, 0.15) is 17.9 Å². The minimum absolute atomic E-state index is 0.0911. The molecule has 4 rings (SSSR count). The highest BCUT2D eigenvalue weighted by Gasteiger charge is 2.22. The Morgan fingerprint density at radius 1 is 1.31 bits per heavy atom. The fraction of sp³-hybridized carbons (Fsp3) is 0.235. The third kappa shape index (κ3) is 3.11. The Hall–Kier alpha value is -3.33. The van der Waals surface area contributed by atoms with Crippen molar-refractivity contribution in [1.82, 2.24) is 24.8 Å². The zero-order valence-electron chi connectivity index (χ0n) is 13.7. The first-order valence-electron chi connectivity index (χ1n) is 8.02. The number of aromatic carboxylic acids is 1. The molecule has 9 nitrogen and oxygen atoms in total. The van der Waals surface area contributed by atoms with Gasteiger partial charge in [-0.15, -0.1) is 0 Å². The van der Waals surface area contributed by atoms with E-state index < -0.39 is 5.97 Å². The molecule has 0 bridgehead atoms. The zero-order valence-corrected chi connectivity index (χ0v) is 13.7. The number of hydrogen-bond donors (Lipinski definition) is 2. The van der Waals surface area contributed by atoms with Crippen molar-refractivity contribution in [2.24, 2.45) is 0 Å². The van der Waals surface area contributed by atoms with Gasteiger partial charge in [0, 0.05) is 31.9 Å². The molecular weight excluding hydrogens is 338 g/mol. The van der Waals surface area contributed by atoms with Gasteiger partial charge in [0.25, 0.3) is 5.56 Å². The molecule has 26 heavy (non-hydrogen) atoms. The van der Waals surface area contributed by atoms with E-state index in [-0.39, 0.29) is 11.3 Å². The zero-order chi connectivity index (χ0) is 18.1. The molecule has 0 amide bonds. The Labute approximate surface area is 147 Å². The minimum atomic E-state index is -1.10. The molecule has 132 valence electrons. The quantitative estimate of drug-likeness (QED) is 0.714. The van der Waals surface area contributed by atoms with Gasteiger partial charge in [-0.05, 0) is 12.1 Å². The summed E-state index contributed by atoms with van der Waals surface area (Å²) in [6, 6.07) is 3.07. The van der Waals surface area contributed by atoms with Gasteiger partial charge in [0.05, 0.1) is 23.4 Å². The lowest BCUT2D eigenvalue weighted by Gasteiger charge is -2.26. The Bertz CT molecular complexity index is 1010. The normalized spacial score (nSPS) is 14.2. The number of fused-ring (bicyclic) bond motifs is 1. The van der Waals surface area contributed by atoms with Gasteiger partial charge in [0.15, 0.2) is 0 Å². The summed E-state index contributed by atoms with van der Waals surface area (Å²) in [6.45, 7) is 1.55. The van der Waals surface area contributed by atoms with E-state index in [1.54, 1.807) is 18.5 Å². The molecule has 3 aromatic heterocycles. The fourth-order valence-corrected chi connectivity index (χ4v) is 2.97. The van der Waals surface area contributed by atoms with E-state index in [1.807, 2.05) is 4.90 Å². The van der Waals surface area contributed by atoms with Crippen LogP contribution < -0.4 is 5.56 Å². The average molecular weight is 353 g/mol. The standard InChI is InChI=1S/C17H15N5O4/c23-16-12-8-22(7-11-1-2-14(26-11)17(24)25)4-3-13(12)20-15(21-16)10-5-18-9-19-6-10/h1-2,5-6,9H,3-4,7-8H2,(H,24,25)(H,20,21,23). The van der Waals surface area contributed by atoms with E-state index in [0.717, 1.165) is 5.69 Å². The molecule has 0 saturated carbocycles. The van der Waals surface area contributed by atoms with Crippen molar-refractivity contribution in [2.75, 3.05) is 6.54 Å². The molecule has 4 heterocycles. The molecule has 2 N–H and O–H groups in total. The van der Waals surface area contributed by atoms with E-state index in [4.69, 9.17) is 9.52 Å². The second kappa shape index (κ2) is 6.52. The van der Waals surface area contributed by atoms with Gasteiger partial charge in [-0.3, -0.25) is 9.69 Å². The maximum Gasteiger partial charge on any atom is 0.371 e. The number of carboxylic acids is 1. The van der Waals surface area contributed by atoms with E-state index in [1.165, 1.54) is 12.4 Å². The Kier molecular flexibility index (Phi) is 4.05. The molecule has 0 unspecified atom stereocenters. The van der Waals surface area contributed by atoms with Crippen molar-refractivity contribution >= 4 is 5.97 Å². The van der Waals surface area contributed by atoms with E-state index in [0.29, 0.717) is 48.8 Å². The summed E-state index contributed by atoms with van der Waals surface area (Å²) in [5.74, 6) is -0.182. The molecule has 0 saturated heterocycles. The molecule has 0 atom stereocenters. The summed E-state index contributed by atoms with van der Waals surface area (Å²) in [5, 5.41) is 8.92. The van der Waals surface area contributed by atoms with Crippen LogP contribution in [0.15, 0.2) is 40.1 Å². The molecule has 0 fully saturated rings. The summed E-state index contributed by atoms with van der Waals surface area (Å²) in [5.41, 5.74) is 1.84. The third-order valence-corrected chi connectivity index (χ3v) is 4.23. The molecule has 3 aromatic rings. The van der Waals surface area contributed by atoms with Crippen LogP contribution in [0.3, 0.4) is 0 Å². The number of carbonyl (C=O) groups is 1. The Balaban J connectivity index is 1.55. The fourth-order valence-electron chi connectivity index (χ4n) is 2.97. The number of hydrogen-bond acceptors (Lipinski definition) is 7. The summed E-state index contributed by atoms with van der Waals surface area (Å²) < 4.78 is 5.29. The maximum atomic E-state index is 12.5. The van der Waals surface area contributed by atoms with Crippen LogP contribution in [0.2, 0.25) is 0 Å². The number of nitrogens with one attached hydrogen (secondary N) is 1. The molecular formula is C17H15N5O4. The SMILES string of the molecule is O=C(O)c1ccc(CN2CCc3nc(-c4cncnc4)[nH]c(=O)c3C2)o1. The van der Waals surface area contributed by atoms with Crippen LogP contribution in [0.4, 0.5) is 0 Å². The third-order valence-electron chi connectivity index (χ3n) is 4.23. The number of carboxylic acid groups (broad SMARTS) is 1. The summed E-state index contributed by atoms with van der Waals surface area (Å²) in [4.78, 5) is 40.6. The summed E-state index contributed by atoms with van der Waals surface area (Å²) in [6.07, 6.45) is 5.24. The molecule has 0 aromatic carbocycles. The maximum absolute atomic E-state index is 12.5. The smallest absolute Gasteiger partial charge is 0.371 e. The van der Waals surface area contributed by atoms with Crippen molar-refractivity contribution in [3.63, 3.8) is 0 Å². The molecule has 0 aliphatic carbocycles. The van der Waals surface area contributed by atoms with E-state index in [2.05, 4.69) is 19.9 Å². The van der Waals surface area contributed by atoms with Crippen LogP contribution in [0.1, 0.15) is 27.6 Å². The molecule has 1 aliphatic heterocycles. The highest BCUT2D eigenvalue weighted by atomic mass is 16.4. The molecule has 0 radical (unpaired) electrons. The predicted octanol–water partition coefficient (Wildman–Crippen LogP) is 1.08. The second-order valence-electron chi connectivity index (χ2n) is 6.00. The highest BCUT2D eigenvalue weighted by Crippen LogP contribution is 2.20. The number of H-pyrrole nitrogens is 1. The number of aromatic amines is 1. The van der Waals surface area contributed by atoms with Crippen LogP contribution in [-0.4, -0.2) is 42.5 Å². The number of nitrogens with zero attached hydrogens (tertiary/aromatic N) is 4. The number of aromatic nitrogens is 4. The highest BCUT2D eigenvalue weighted by molar-refractivity contribution is 5.84. The van der Waals surface area contributed by atoms with Crippen LogP contribution in [-0.2, 0) is 19.5 Å². The lowest BCUT2D eigenvalue weighted by Crippen LogP contribution is -2.35. The van der Waals surface area contributed by atoms with Gasteiger partial charge in [0.2, 0.25) is 5.76 Å². The van der Waals surface area contributed by atoms with Crippen molar-refractivity contribution in [3.8, 4) is 11.4 Å². The first-order valence-corrected chi connectivity index (χ1v) is 8.02. The van der Waals surface area contributed by atoms with Crippen molar-refractivity contribution in [3.05, 3.63) is 64.0 Å². The van der Waals surface area contributed by atoms with Crippen LogP contribution >= 0.6 is 0 Å². The van der Waals surface area contributed by atoms with Gasteiger partial charge >= 0.3 is 5.97 Å². The largest absolute Gasteiger partial charge is 0.475 e. The van der Waals surface area contributed by atoms with Crippen LogP contribution in [0.25, 0.3) is 11.4 Å². The predicted molar refractivity (Wildman–Crippen MR) is 89.4 cm³/mol. The van der Waals surface area contributed by atoms with E-state index in [9.17, 15) is 9.59 Å². The van der Waals surface area contributed by atoms with Crippen LogP contribution in [0.5, 0.6) is 0 Å². The topological polar surface area (TPSA) is 125 Å². The summed E-state index contributed by atoms with van der Waals surface area (Å²) in [7, 11) is 0. The Morgan fingerprint density at radius 3 is 2.85 bits per heavy atom. The van der Waals surface area contributed by atoms with Gasteiger partial charge in [-0.2, -0.15) is 0 Å².